The van der Waals surface area contributed by atoms with Crippen LogP contribution >= 0.6 is 0 Å². The van der Waals surface area contributed by atoms with E-state index in [1.807, 2.05) is 87.5 Å². The molecule has 0 bridgehead atoms. The van der Waals surface area contributed by atoms with Crippen LogP contribution in [0.5, 0.6) is 0 Å². The predicted molar refractivity (Wildman–Crippen MR) is 120 cm³/mol. The summed E-state index contributed by atoms with van der Waals surface area (Å²) in [5.74, 6) is 0. The number of hydrogen-bond donors (Lipinski definition) is 0. The van der Waals surface area contributed by atoms with Crippen molar-refractivity contribution < 1.29 is 19.1 Å². The van der Waals surface area contributed by atoms with Gasteiger partial charge in [-0.2, -0.15) is 0 Å². The lowest BCUT2D eigenvalue weighted by Crippen LogP contribution is -2.55. The molecule has 2 aromatic rings. The molecule has 3 unspecified atom stereocenters. The summed E-state index contributed by atoms with van der Waals surface area (Å²) in [5, 5.41) is 0. The average Bonchev–Trinajstić information content (AvgIpc) is 2.99. The first kappa shape index (κ1) is 20.6. The summed E-state index contributed by atoms with van der Waals surface area (Å²) in [5.41, 5.74) is 0.619. The van der Waals surface area contributed by atoms with E-state index >= 15 is 0 Å². The van der Waals surface area contributed by atoms with Crippen molar-refractivity contribution in [3.8, 4) is 0 Å². The summed E-state index contributed by atoms with van der Waals surface area (Å²) >= 11 is 0. The number of carbonyl (C=O) groups is 2. The lowest BCUT2D eigenvalue weighted by Gasteiger charge is -2.40. The first-order valence-electron chi connectivity index (χ1n) is 11.1. The Morgan fingerprint density at radius 3 is 2.00 bits per heavy atom. The zero-order valence-electron chi connectivity index (χ0n) is 18.7. The second-order valence-corrected chi connectivity index (χ2v) is 9.50. The zero-order valence-corrected chi connectivity index (χ0v) is 18.7. The predicted octanol–water partition coefficient (Wildman–Crippen LogP) is 4.55. The Kier molecular flexibility index (Phi) is 4.59. The molecular formula is C26H28N2O4. The Labute approximate surface area is 188 Å². The number of cyclic esters (lactones) is 2. The van der Waals surface area contributed by atoms with Gasteiger partial charge in [0.1, 0.15) is 11.1 Å². The SMILES string of the molecule is CC1(Cc2ccccc2)OC(=O)N2CCN3C(=O)OC(C)(Cc4ccccc4)C3(C)C=C21. The van der Waals surface area contributed by atoms with E-state index in [0.29, 0.717) is 25.9 Å². The number of amides is 2. The maximum Gasteiger partial charge on any atom is 0.415 e. The third kappa shape index (κ3) is 3.08. The van der Waals surface area contributed by atoms with Gasteiger partial charge >= 0.3 is 12.2 Å². The second kappa shape index (κ2) is 7.12. The van der Waals surface area contributed by atoms with E-state index in [4.69, 9.17) is 9.47 Å². The van der Waals surface area contributed by atoms with Crippen molar-refractivity contribution in [3.63, 3.8) is 0 Å². The van der Waals surface area contributed by atoms with Gasteiger partial charge in [-0.25, -0.2) is 9.59 Å². The van der Waals surface area contributed by atoms with Crippen LogP contribution in [0.15, 0.2) is 72.4 Å². The number of benzene rings is 2. The molecule has 0 saturated carbocycles. The Bertz CT molecular complexity index is 1090. The summed E-state index contributed by atoms with van der Waals surface area (Å²) in [4.78, 5) is 29.3. The van der Waals surface area contributed by atoms with E-state index in [2.05, 4.69) is 0 Å². The normalized spacial score (nSPS) is 31.4. The first-order valence-corrected chi connectivity index (χ1v) is 11.1. The van der Waals surface area contributed by atoms with Crippen LogP contribution in [-0.4, -0.2) is 51.8 Å². The van der Waals surface area contributed by atoms with Crippen molar-refractivity contribution in [3.05, 3.63) is 83.6 Å². The largest absolute Gasteiger partial charge is 0.440 e. The fourth-order valence-corrected chi connectivity index (χ4v) is 5.29. The van der Waals surface area contributed by atoms with E-state index in [0.717, 1.165) is 16.8 Å². The Morgan fingerprint density at radius 2 is 1.38 bits per heavy atom. The van der Waals surface area contributed by atoms with Crippen LogP contribution < -0.4 is 0 Å². The molecule has 2 aromatic carbocycles. The van der Waals surface area contributed by atoms with Gasteiger partial charge in [-0.05, 0) is 38.0 Å². The zero-order chi connectivity index (χ0) is 22.6. The summed E-state index contributed by atoms with van der Waals surface area (Å²) in [6.45, 7) is 6.73. The molecule has 5 rings (SSSR count). The smallest absolute Gasteiger partial charge is 0.415 e. The Balaban J connectivity index is 1.59. The maximum absolute atomic E-state index is 13.0. The van der Waals surface area contributed by atoms with Gasteiger partial charge in [0.25, 0.3) is 0 Å². The average molecular weight is 433 g/mol. The van der Waals surface area contributed by atoms with E-state index in [1.54, 1.807) is 9.80 Å². The van der Waals surface area contributed by atoms with E-state index < -0.39 is 16.7 Å². The van der Waals surface area contributed by atoms with Crippen LogP contribution in [0.2, 0.25) is 0 Å². The fraction of sp³-hybridized carbons (Fsp3) is 0.385. The lowest BCUT2D eigenvalue weighted by molar-refractivity contribution is 0.0293. The van der Waals surface area contributed by atoms with Gasteiger partial charge in [-0.15, -0.1) is 0 Å². The maximum atomic E-state index is 13.0. The lowest BCUT2D eigenvalue weighted by atomic mass is 9.76. The van der Waals surface area contributed by atoms with E-state index in [9.17, 15) is 9.59 Å². The summed E-state index contributed by atoms with van der Waals surface area (Å²) in [6, 6.07) is 20.1. The van der Waals surface area contributed by atoms with Gasteiger partial charge in [0.15, 0.2) is 5.60 Å². The monoisotopic (exact) mass is 432 g/mol. The van der Waals surface area contributed by atoms with Crippen molar-refractivity contribution in [2.75, 3.05) is 13.1 Å². The van der Waals surface area contributed by atoms with E-state index in [-0.39, 0.29) is 12.2 Å². The van der Waals surface area contributed by atoms with Crippen molar-refractivity contribution >= 4 is 12.2 Å². The minimum Gasteiger partial charge on any atom is -0.440 e. The van der Waals surface area contributed by atoms with Crippen LogP contribution in [0.4, 0.5) is 9.59 Å². The molecule has 0 spiro atoms. The van der Waals surface area contributed by atoms with Crippen molar-refractivity contribution in [2.24, 2.45) is 0 Å². The van der Waals surface area contributed by atoms with Gasteiger partial charge in [0.2, 0.25) is 0 Å². The first-order chi connectivity index (χ1) is 15.2. The molecule has 6 heteroatoms. The molecule has 0 aliphatic carbocycles. The van der Waals surface area contributed by atoms with Crippen LogP contribution in [0, 0.1) is 0 Å². The number of carbonyl (C=O) groups excluding carboxylic acids is 2. The number of ether oxygens (including phenoxy) is 2. The molecule has 0 radical (unpaired) electrons. The minimum atomic E-state index is -0.823. The third-order valence-corrected chi connectivity index (χ3v) is 7.26. The molecule has 32 heavy (non-hydrogen) atoms. The van der Waals surface area contributed by atoms with Gasteiger partial charge in [0.05, 0.1) is 5.70 Å². The highest BCUT2D eigenvalue weighted by Gasteiger charge is 2.62. The van der Waals surface area contributed by atoms with Gasteiger partial charge in [-0.3, -0.25) is 9.80 Å². The standard InChI is InChI=1S/C26H28N2O4/c1-24(16-19-10-6-4-7-11-19)21-18-25(2)26(3,17-20-12-8-5-9-13-20)32-23(30)28(25)15-14-27(21)22(29)31-24/h4-13,18H,14-17H2,1-3H3. The highest BCUT2D eigenvalue weighted by Crippen LogP contribution is 2.48. The number of nitrogens with zero attached hydrogens (tertiary/aromatic N) is 2. The molecule has 166 valence electrons. The minimum absolute atomic E-state index is 0.345. The molecular weight excluding hydrogens is 404 g/mol. The molecule has 3 aliphatic heterocycles. The number of hydrogen-bond acceptors (Lipinski definition) is 4. The molecule has 2 amide bonds. The quantitative estimate of drug-likeness (QED) is 0.711. The van der Waals surface area contributed by atoms with Crippen LogP contribution in [0.25, 0.3) is 0 Å². The number of fused-ring (bicyclic) bond motifs is 2. The van der Waals surface area contributed by atoms with Crippen molar-refractivity contribution in [1.29, 1.82) is 0 Å². The molecule has 0 N–H and O–H groups in total. The molecule has 3 heterocycles. The molecule has 3 aliphatic rings. The molecule has 2 saturated heterocycles. The van der Waals surface area contributed by atoms with Crippen LogP contribution in [0.3, 0.4) is 0 Å². The van der Waals surface area contributed by atoms with Gasteiger partial charge in [0, 0.05) is 25.9 Å². The summed E-state index contributed by atoms with van der Waals surface area (Å²) < 4.78 is 12.0. The molecule has 6 nitrogen and oxygen atoms in total. The molecule has 2 fully saturated rings. The van der Waals surface area contributed by atoms with Crippen molar-refractivity contribution in [2.45, 2.75) is 50.4 Å². The fourth-order valence-electron chi connectivity index (χ4n) is 5.29. The molecule has 3 atom stereocenters. The van der Waals surface area contributed by atoms with E-state index in [1.165, 1.54) is 0 Å². The Hall–Kier alpha value is -3.28. The Morgan fingerprint density at radius 1 is 0.781 bits per heavy atom. The topological polar surface area (TPSA) is 59.1 Å². The highest BCUT2D eigenvalue weighted by atomic mass is 16.6. The van der Waals surface area contributed by atoms with Gasteiger partial charge < -0.3 is 9.47 Å². The van der Waals surface area contributed by atoms with Crippen LogP contribution in [0.1, 0.15) is 31.9 Å². The second-order valence-electron chi connectivity index (χ2n) is 9.50. The molecule has 0 aromatic heterocycles. The third-order valence-electron chi connectivity index (χ3n) is 7.26. The summed E-state index contributed by atoms with van der Waals surface area (Å²) in [6.07, 6.45) is 2.46. The van der Waals surface area contributed by atoms with Crippen LogP contribution in [-0.2, 0) is 22.3 Å². The number of rotatable bonds is 4. The van der Waals surface area contributed by atoms with Crippen molar-refractivity contribution in [1.82, 2.24) is 9.80 Å². The summed E-state index contributed by atoms with van der Waals surface area (Å²) in [7, 11) is 0. The van der Waals surface area contributed by atoms with Gasteiger partial charge in [-0.1, -0.05) is 60.7 Å². The highest BCUT2D eigenvalue weighted by molar-refractivity contribution is 5.78.